The van der Waals surface area contributed by atoms with Gasteiger partial charge < -0.3 is 24.4 Å². The lowest BCUT2D eigenvalue weighted by Gasteiger charge is -2.38. The van der Waals surface area contributed by atoms with Crippen molar-refractivity contribution < 1.29 is 29.2 Å². The normalized spacial score (nSPS) is 13.2. The third-order valence-corrected chi connectivity index (χ3v) is 6.95. The maximum Gasteiger partial charge on any atom is 0.348 e. The number of phenolic OH excluding ortho intramolecular Hbond substituents is 1. The molecule has 0 bridgehead atoms. The second-order valence-corrected chi connectivity index (χ2v) is 9.97. The molecule has 0 amide bonds. The lowest BCUT2D eigenvalue weighted by atomic mass is 9.82. The minimum atomic E-state index is -1.43. The highest BCUT2D eigenvalue weighted by molar-refractivity contribution is 5.75. The molecule has 2 unspecified atom stereocenters. The van der Waals surface area contributed by atoms with Gasteiger partial charge in [0.1, 0.15) is 5.60 Å². The summed E-state index contributed by atoms with van der Waals surface area (Å²) in [5.41, 5.74) is 2.70. The summed E-state index contributed by atoms with van der Waals surface area (Å²) < 4.78 is 18.0. The van der Waals surface area contributed by atoms with Crippen LogP contribution in [0.2, 0.25) is 0 Å². The van der Waals surface area contributed by atoms with E-state index < -0.39 is 17.7 Å². The fourth-order valence-corrected chi connectivity index (χ4v) is 5.00. The molecule has 1 aromatic heterocycles. The van der Waals surface area contributed by atoms with Gasteiger partial charge in [-0.3, -0.25) is 0 Å². The van der Waals surface area contributed by atoms with Gasteiger partial charge in [-0.1, -0.05) is 66.7 Å². The van der Waals surface area contributed by atoms with Gasteiger partial charge in [0, 0.05) is 11.4 Å². The largest absolute Gasteiger partial charge is 0.504 e. The number of ether oxygens (including phenoxy) is 3. The molecule has 0 spiro atoms. The maximum absolute atomic E-state index is 13.0. The molecule has 214 valence electrons. The Morgan fingerprint density at radius 1 is 0.878 bits per heavy atom. The molecule has 2 N–H and O–H groups in total. The third kappa shape index (κ3) is 7.61. The fraction of sp³-hybridized carbons (Fsp3) is 0.303. The van der Waals surface area contributed by atoms with Crippen molar-refractivity contribution in [3.63, 3.8) is 0 Å². The molecule has 0 aliphatic rings. The van der Waals surface area contributed by atoms with Crippen LogP contribution in [0.3, 0.4) is 0 Å². The Hall–Kier alpha value is -4.43. The Balaban J connectivity index is 1.71. The van der Waals surface area contributed by atoms with E-state index in [9.17, 15) is 15.0 Å². The first kappa shape index (κ1) is 29.6. The Bertz CT molecular complexity index is 1410. The first-order valence-corrected chi connectivity index (χ1v) is 13.6. The predicted molar refractivity (Wildman–Crippen MR) is 155 cm³/mol. The summed E-state index contributed by atoms with van der Waals surface area (Å²) in [5.74, 6) is -0.773. The Kier molecular flexibility index (Phi) is 9.92. The van der Waals surface area contributed by atoms with Crippen LogP contribution in [0.4, 0.5) is 0 Å². The molecular weight excluding hydrogens is 520 g/mol. The Morgan fingerprint density at radius 3 is 2.17 bits per heavy atom. The molecule has 0 saturated heterocycles. The van der Waals surface area contributed by atoms with E-state index in [1.165, 1.54) is 7.11 Å². The molecule has 4 rings (SSSR count). The SMILES string of the molecule is COc1cc(CCOC(CCCc2ccccc2)(c2ccccc2)C(Oc2nc(C)cc(C)n2)C(=O)O)ccc1O. The van der Waals surface area contributed by atoms with Crippen LogP contribution < -0.4 is 9.47 Å². The maximum atomic E-state index is 13.0. The minimum Gasteiger partial charge on any atom is -0.504 e. The van der Waals surface area contributed by atoms with E-state index >= 15 is 0 Å². The number of nitrogens with zero attached hydrogens (tertiary/aromatic N) is 2. The molecule has 2 atom stereocenters. The molecule has 8 heteroatoms. The zero-order chi connectivity index (χ0) is 29.2. The average Bonchev–Trinajstić information content (AvgIpc) is 2.96. The van der Waals surface area contributed by atoms with E-state index in [0.29, 0.717) is 42.0 Å². The van der Waals surface area contributed by atoms with Crippen LogP contribution >= 0.6 is 0 Å². The molecule has 8 nitrogen and oxygen atoms in total. The van der Waals surface area contributed by atoms with Crippen molar-refractivity contribution in [1.29, 1.82) is 0 Å². The van der Waals surface area contributed by atoms with Gasteiger partial charge >= 0.3 is 12.0 Å². The van der Waals surface area contributed by atoms with Gasteiger partial charge in [0.25, 0.3) is 0 Å². The van der Waals surface area contributed by atoms with Gasteiger partial charge in [0.05, 0.1) is 13.7 Å². The van der Waals surface area contributed by atoms with E-state index in [2.05, 4.69) is 22.1 Å². The van der Waals surface area contributed by atoms with Crippen LogP contribution in [-0.2, 0) is 28.0 Å². The first-order chi connectivity index (χ1) is 19.8. The van der Waals surface area contributed by atoms with Gasteiger partial charge in [0.2, 0.25) is 6.10 Å². The fourth-order valence-electron chi connectivity index (χ4n) is 5.00. The van der Waals surface area contributed by atoms with E-state index in [-0.39, 0.29) is 18.4 Å². The number of aryl methyl sites for hydroxylation is 3. The molecule has 1 heterocycles. The van der Waals surface area contributed by atoms with Crippen LogP contribution in [0.25, 0.3) is 0 Å². The molecular formula is C33H36N2O6. The number of methoxy groups -OCH3 is 1. The molecule has 0 radical (unpaired) electrons. The molecule has 0 aliphatic carbocycles. The van der Waals surface area contributed by atoms with Crippen LogP contribution in [0.1, 0.15) is 40.9 Å². The van der Waals surface area contributed by atoms with Crippen LogP contribution in [-0.4, -0.2) is 46.0 Å². The van der Waals surface area contributed by atoms with Crippen molar-refractivity contribution in [3.05, 3.63) is 113 Å². The highest BCUT2D eigenvalue weighted by Gasteiger charge is 2.48. The number of rotatable bonds is 14. The van der Waals surface area contributed by atoms with Crippen molar-refractivity contribution in [3.8, 4) is 17.5 Å². The predicted octanol–water partition coefficient (Wildman–Crippen LogP) is 5.82. The Morgan fingerprint density at radius 2 is 1.54 bits per heavy atom. The summed E-state index contributed by atoms with van der Waals surface area (Å²) in [7, 11) is 1.49. The van der Waals surface area contributed by atoms with Crippen molar-refractivity contribution in [2.24, 2.45) is 0 Å². The summed E-state index contributed by atoms with van der Waals surface area (Å²) in [5, 5.41) is 20.6. The summed E-state index contributed by atoms with van der Waals surface area (Å²) in [4.78, 5) is 21.7. The quantitative estimate of drug-likeness (QED) is 0.200. The lowest BCUT2D eigenvalue weighted by molar-refractivity contribution is -0.173. The highest BCUT2D eigenvalue weighted by atomic mass is 16.6. The van der Waals surface area contributed by atoms with Crippen molar-refractivity contribution in [1.82, 2.24) is 9.97 Å². The number of carboxylic acids is 1. The number of aliphatic carboxylic acids is 1. The molecule has 0 fully saturated rings. The minimum absolute atomic E-state index is 0.00913. The van der Waals surface area contributed by atoms with Gasteiger partial charge in [-0.2, -0.15) is 0 Å². The topological polar surface area (TPSA) is 111 Å². The third-order valence-electron chi connectivity index (χ3n) is 6.95. The number of phenols is 1. The van der Waals surface area contributed by atoms with Crippen molar-refractivity contribution in [2.75, 3.05) is 13.7 Å². The van der Waals surface area contributed by atoms with Crippen molar-refractivity contribution in [2.45, 2.75) is 51.2 Å². The monoisotopic (exact) mass is 556 g/mol. The molecule has 3 aromatic carbocycles. The van der Waals surface area contributed by atoms with Gasteiger partial charge in [-0.05, 0) is 74.4 Å². The summed E-state index contributed by atoms with van der Waals surface area (Å²) in [6, 6.07) is 26.3. The zero-order valence-corrected chi connectivity index (χ0v) is 23.6. The van der Waals surface area contributed by atoms with E-state index in [1.54, 1.807) is 24.3 Å². The average molecular weight is 557 g/mol. The summed E-state index contributed by atoms with van der Waals surface area (Å²) in [6.45, 7) is 3.81. The number of carboxylic acid groups (broad SMARTS) is 1. The van der Waals surface area contributed by atoms with Gasteiger partial charge in [-0.15, -0.1) is 0 Å². The number of carbonyl (C=O) groups is 1. The van der Waals surface area contributed by atoms with Crippen LogP contribution in [0.15, 0.2) is 84.9 Å². The molecule has 41 heavy (non-hydrogen) atoms. The lowest BCUT2D eigenvalue weighted by Crippen LogP contribution is -2.51. The summed E-state index contributed by atoms with van der Waals surface area (Å²) >= 11 is 0. The number of aromatic nitrogens is 2. The standard InChI is InChI=1S/C33H36N2O6/c1-23-21-24(2)35-32(34-23)41-30(31(37)38)33(27-14-8-5-9-15-27,19-10-13-25-11-6-4-7-12-25)40-20-18-26-16-17-28(36)29(22-26)39-3/h4-9,11-12,14-17,21-22,30,36H,10,13,18-20H2,1-3H3,(H,37,38). The number of benzene rings is 3. The van der Waals surface area contributed by atoms with E-state index in [4.69, 9.17) is 14.2 Å². The number of hydrogen-bond donors (Lipinski definition) is 2. The number of aromatic hydroxyl groups is 1. The van der Waals surface area contributed by atoms with Crippen LogP contribution in [0, 0.1) is 13.8 Å². The van der Waals surface area contributed by atoms with Crippen molar-refractivity contribution >= 4 is 5.97 Å². The number of hydrogen-bond acceptors (Lipinski definition) is 7. The first-order valence-electron chi connectivity index (χ1n) is 13.6. The highest BCUT2D eigenvalue weighted by Crippen LogP contribution is 2.38. The smallest absolute Gasteiger partial charge is 0.348 e. The second-order valence-electron chi connectivity index (χ2n) is 9.97. The molecule has 0 aliphatic heterocycles. The van der Waals surface area contributed by atoms with Gasteiger partial charge in [-0.25, -0.2) is 14.8 Å². The zero-order valence-electron chi connectivity index (χ0n) is 23.6. The molecule has 0 saturated carbocycles. The second kappa shape index (κ2) is 13.8. The summed E-state index contributed by atoms with van der Waals surface area (Å²) in [6.07, 6.45) is 0.770. The Labute approximate surface area is 240 Å². The van der Waals surface area contributed by atoms with Crippen LogP contribution in [0.5, 0.6) is 17.5 Å². The van der Waals surface area contributed by atoms with E-state index in [1.807, 2.05) is 62.4 Å². The molecule has 4 aromatic rings. The van der Waals surface area contributed by atoms with E-state index in [0.717, 1.165) is 17.5 Å². The van der Waals surface area contributed by atoms with Gasteiger partial charge in [0.15, 0.2) is 11.5 Å².